The Morgan fingerprint density at radius 2 is 1.79 bits per heavy atom. The van der Waals surface area contributed by atoms with E-state index in [0.717, 1.165) is 36.8 Å². The molecule has 3 rings (SSSR count). The van der Waals surface area contributed by atoms with E-state index >= 15 is 0 Å². The highest BCUT2D eigenvalue weighted by molar-refractivity contribution is 5.88. The zero-order valence-corrected chi connectivity index (χ0v) is 20.2. The fourth-order valence-corrected chi connectivity index (χ4v) is 4.15. The van der Waals surface area contributed by atoms with E-state index in [4.69, 9.17) is 9.47 Å². The van der Waals surface area contributed by atoms with Crippen LogP contribution in [0.3, 0.4) is 0 Å². The van der Waals surface area contributed by atoms with E-state index in [2.05, 4.69) is 5.32 Å². The third kappa shape index (κ3) is 6.98. The van der Waals surface area contributed by atoms with Gasteiger partial charge in [0.2, 0.25) is 5.91 Å². The molecule has 0 heterocycles. The number of rotatable bonds is 9. The molecule has 1 N–H and O–H groups in total. The molecule has 6 heteroatoms. The Morgan fingerprint density at radius 1 is 1.03 bits per heavy atom. The van der Waals surface area contributed by atoms with Crippen molar-refractivity contribution in [3.63, 3.8) is 0 Å². The highest BCUT2D eigenvalue weighted by Crippen LogP contribution is 2.20. The lowest BCUT2D eigenvalue weighted by atomic mass is 9.95. The van der Waals surface area contributed by atoms with E-state index in [1.54, 1.807) is 18.9 Å². The number of hydrogen-bond acceptors (Lipinski definition) is 4. The minimum Gasteiger partial charge on any atom is -0.497 e. The van der Waals surface area contributed by atoms with Crippen LogP contribution >= 0.6 is 0 Å². The molecule has 0 aliphatic heterocycles. The molecule has 1 atom stereocenters. The Balaban J connectivity index is 1.73. The molecule has 1 saturated carbocycles. The molecule has 0 saturated heterocycles. The van der Waals surface area contributed by atoms with Gasteiger partial charge in [0.05, 0.1) is 7.11 Å². The second kappa shape index (κ2) is 11.7. The molecular weight excluding hydrogens is 416 g/mol. The Morgan fingerprint density at radius 3 is 2.48 bits per heavy atom. The van der Waals surface area contributed by atoms with Gasteiger partial charge in [-0.05, 0) is 74.6 Å². The number of amides is 2. The van der Waals surface area contributed by atoms with Crippen LogP contribution in [0.1, 0.15) is 55.7 Å². The molecule has 2 aromatic carbocycles. The van der Waals surface area contributed by atoms with Crippen molar-refractivity contribution in [3.05, 3.63) is 59.2 Å². The predicted molar refractivity (Wildman–Crippen MR) is 129 cm³/mol. The van der Waals surface area contributed by atoms with E-state index in [0.29, 0.717) is 18.0 Å². The first kappa shape index (κ1) is 24.6. The normalized spacial score (nSPS) is 14.9. The van der Waals surface area contributed by atoms with Crippen LogP contribution in [0.15, 0.2) is 42.5 Å². The summed E-state index contributed by atoms with van der Waals surface area (Å²) < 4.78 is 11.1. The minimum absolute atomic E-state index is 0.121. The first-order valence-electron chi connectivity index (χ1n) is 11.8. The van der Waals surface area contributed by atoms with E-state index in [1.807, 2.05) is 56.3 Å². The monoisotopic (exact) mass is 452 g/mol. The summed E-state index contributed by atoms with van der Waals surface area (Å²) in [5.74, 6) is 1.00. The van der Waals surface area contributed by atoms with Crippen molar-refractivity contribution in [2.24, 2.45) is 0 Å². The topological polar surface area (TPSA) is 67.9 Å². The van der Waals surface area contributed by atoms with E-state index in [9.17, 15) is 9.59 Å². The summed E-state index contributed by atoms with van der Waals surface area (Å²) in [4.78, 5) is 27.9. The van der Waals surface area contributed by atoms with Gasteiger partial charge in [0.15, 0.2) is 6.61 Å². The summed E-state index contributed by atoms with van der Waals surface area (Å²) in [6.07, 6.45) is 5.49. The lowest BCUT2D eigenvalue weighted by Gasteiger charge is -2.31. The maximum absolute atomic E-state index is 13.3. The quantitative estimate of drug-likeness (QED) is 0.606. The Kier molecular flexibility index (Phi) is 8.75. The fraction of sp³-hybridized carbons (Fsp3) is 0.481. The van der Waals surface area contributed by atoms with Gasteiger partial charge in [0, 0.05) is 12.6 Å². The summed E-state index contributed by atoms with van der Waals surface area (Å²) in [7, 11) is 1.61. The molecule has 0 aromatic heterocycles. The average molecular weight is 453 g/mol. The Labute approximate surface area is 197 Å². The number of benzene rings is 2. The number of aryl methyl sites for hydroxylation is 2. The number of carbonyl (C=O) groups is 2. The number of nitrogens with zero attached hydrogens (tertiary/aromatic N) is 1. The third-order valence-corrected chi connectivity index (χ3v) is 6.45. The Hall–Kier alpha value is -3.02. The van der Waals surface area contributed by atoms with Gasteiger partial charge in [-0.1, -0.05) is 37.5 Å². The molecule has 0 spiro atoms. The molecule has 6 nitrogen and oxygen atoms in total. The highest BCUT2D eigenvalue weighted by atomic mass is 16.5. The second-order valence-corrected chi connectivity index (χ2v) is 8.93. The van der Waals surface area contributed by atoms with Crippen LogP contribution < -0.4 is 14.8 Å². The molecule has 1 aliphatic carbocycles. The van der Waals surface area contributed by atoms with Crippen molar-refractivity contribution >= 4 is 11.8 Å². The van der Waals surface area contributed by atoms with Crippen molar-refractivity contribution < 1.29 is 19.1 Å². The lowest BCUT2D eigenvalue weighted by Crippen LogP contribution is -2.51. The number of ether oxygens (including phenoxy) is 2. The summed E-state index contributed by atoms with van der Waals surface area (Å²) in [5.41, 5.74) is 3.17. The summed E-state index contributed by atoms with van der Waals surface area (Å²) in [6, 6.07) is 12.9. The molecule has 2 amide bonds. The minimum atomic E-state index is -0.617. The summed E-state index contributed by atoms with van der Waals surface area (Å²) in [5, 5.41) is 3.15. The van der Waals surface area contributed by atoms with Gasteiger partial charge in [0.1, 0.15) is 17.5 Å². The summed E-state index contributed by atoms with van der Waals surface area (Å²) >= 11 is 0. The lowest BCUT2D eigenvalue weighted by molar-refractivity contribution is -0.142. The Bertz CT molecular complexity index is 953. The van der Waals surface area contributed by atoms with Crippen LogP contribution in [0.2, 0.25) is 0 Å². The first-order valence-corrected chi connectivity index (χ1v) is 11.8. The number of hydrogen-bond donors (Lipinski definition) is 1. The van der Waals surface area contributed by atoms with Gasteiger partial charge >= 0.3 is 0 Å². The molecule has 178 valence electrons. The molecule has 0 bridgehead atoms. The standard InChI is InChI=1S/C27H36N2O4/c1-19-13-14-25(15-20(19)2)33-18-26(30)29(17-22-9-8-12-24(16-22)32-4)21(3)27(31)28-23-10-6-5-7-11-23/h8-9,12-16,21,23H,5-7,10-11,17-18H2,1-4H3,(H,28,31). The molecule has 2 aromatic rings. The van der Waals surface area contributed by atoms with Crippen molar-refractivity contribution in [3.8, 4) is 11.5 Å². The first-order chi connectivity index (χ1) is 15.9. The zero-order chi connectivity index (χ0) is 23.8. The largest absolute Gasteiger partial charge is 0.497 e. The van der Waals surface area contributed by atoms with Gasteiger partial charge < -0.3 is 19.7 Å². The van der Waals surface area contributed by atoms with Crippen LogP contribution in [0.4, 0.5) is 0 Å². The van der Waals surface area contributed by atoms with Crippen molar-refractivity contribution in [1.29, 1.82) is 0 Å². The number of nitrogens with one attached hydrogen (secondary N) is 1. The third-order valence-electron chi connectivity index (χ3n) is 6.45. The molecule has 0 radical (unpaired) electrons. The molecule has 1 unspecified atom stereocenters. The predicted octanol–water partition coefficient (Wildman–Crippen LogP) is 4.56. The van der Waals surface area contributed by atoms with Crippen LogP contribution in [-0.4, -0.2) is 42.5 Å². The highest BCUT2D eigenvalue weighted by Gasteiger charge is 2.28. The SMILES string of the molecule is COc1cccc(CN(C(=O)COc2ccc(C)c(C)c2)C(C)C(=O)NC2CCCCC2)c1. The van der Waals surface area contributed by atoms with Crippen LogP contribution in [0, 0.1) is 13.8 Å². The van der Waals surface area contributed by atoms with E-state index in [-0.39, 0.29) is 24.5 Å². The smallest absolute Gasteiger partial charge is 0.261 e. The zero-order valence-electron chi connectivity index (χ0n) is 20.2. The van der Waals surface area contributed by atoms with Crippen LogP contribution in [0.5, 0.6) is 11.5 Å². The molecule has 1 aliphatic rings. The molecular formula is C27H36N2O4. The van der Waals surface area contributed by atoms with Crippen molar-refractivity contribution in [1.82, 2.24) is 10.2 Å². The maximum atomic E-state index is 13.3. The van der Waals surface area contributed by atoms with Gasteiger partial charge in [-0.2, -0.15) is 0 Å². The van der Waals surface area contributed by atoms with Gasteiger partial charge in [-0.25, -0.2) is 0 Å². The second-order valence-electron chi connectivity index (χ2n) is 8.93. The van der Waals surface area contributed by atoms with E-state index in [1.165, 1.54) is 12.0 Å². The fourth-order valence-electron chi connectivity index (χ4n) is 4.15. The van der Waals surface area contributed by atoms with Gasteiger partial charge in [-0.3, -0.25) is 9.59 Å². The molecule has 33 heavy (non-hydrogen) atoms. The maximum Gasteiger partial charge on any atom is 0.261 e. The molecule has 1 fully saturated rings. The van der Waals surface area contributed by atoms with E-state index < -0.39 is 6.04 Å². The van der Waals surface area contributed by atoms with Crippen molar-refractivity contribution in [2.45, 2.75) is 71.5 Å². The van der Waals surface area contributed by atoms with Crippen LogP contribution in [0.25, 0.3) is 0 Å². The van der Waals surface area contributed by atoms with Gasteiger partial charge in [0.25, 0.3) is 5.91 Å². The van der Waals surface area contributed by atoms with Gasteiger partial charge in [-0.15, -0.1) is 0 Å². The van der Waals surface area contributed by atoms with Crippen molar-refractivity contribution in [2.75, 3.05) is 13.7 Å². The summed E-state index contributed by atoms with van der Waals surface area (Å²) in [6.45, 7) is 5.99. The number of methoxy groups -OCH3 is 1. The number of carbonyl (C=O) groups excluding carboxylic acids is 2. The average Bonchev–Trinajstić information content (AvgIpc) is 2.83. The van der Waals surface area contributed by atoms with Crippen LogP contribution in [-0.2, 0) is 16.1 Å².